The van der Waals surface area contributed by atoms with Crippen LogP contribution in [0.2, 0.25) is 0 Å². The van der Waals surface area contributed by atoms with Crippen LogP contribution in [0, 0.1) is 17.8 Å². The molecule has 4 aromatic rings. The van der Waals surface area contributed by atoms with Gasteiger partial charge >= 0.3 is 0 Å². The highest BCUT2D eigenvalue weighted by molar-refractivity contribution is 5.99. The van der Waals surface area contributed by atoms with Crippen molar-refractivity contribution in [2.24, 2.45) is 17.8 Å². The van der Waals surface area contributed by atoms with Gasteiger partial charge in [-0.2, -0.15) is 0 Å². The summed E-state index contributed by atoms with van der Waals surface area (Å²) >= 11 is 0. The van der Waals surface area contributed by atoms with Crippen molar-refractivity contribution >= 4 is 57.2 Å². The summed E-state index contributed by atoms with van der Waals surface area (Å²) in [4.78, 5) is 90.8. The van der Waals surface area contributed by atoms with Crippen LogP contribution < -0.4 is 31.9 Å². The van der Waals surface area contributed by atoms with Crippen LogP contribution in [-0.2, 0) is 41.6 Å². The molecule has 0 radical (unpaired) electrons. The minimum absolute atomic E-state index is 0.0252. The summed E-state index contributed by atoms with van der Waals surface area (Å²) in [5, 5.41) is 18.8. The summed E-state index contributed by atoms with van der Waals surface area (Å²) in [6.07, 6.45) is 4.47. The number of amides is 6. The van der Waals surface area contributed by atoms with E-state index in [1.165, 1.54) is 6.92 Å². The van der Waals surface area contributed by atoms with E-state index in [2.05, 4.69) is 41.9 Å². The van der Waals surface area contributed by atoms with E-state index in [-0.39, 0.29) is 37.0 Å². The van der Waals surface area contributed by atoms with Crippen molar-refractivity contribution in [3.63, 3.8) is 0 Å². The summed E-state index contributed by atoms with van der Waals surface area (Å²) in [6, 6.07) is 8.58. The van der Waals surface area contributed by atoms with Gasteiger partial charge in [-0.1, -0.05) is 84.4 Å². The Hall–Kier alpha value is -5.66. The Balaban J connectivity index is 1.55. The predicted octanol–water partition coefficient (Wildman–Crippen LogP) is 3.12. The zero-order valence-corrected chi connectivity index (χ0v) is 33.2. The van der Waals surface area contributed by atoms with Crippen LogP contribution in [0.25, 0.3) is 21.8 Å². The highest BCUT2D eigenvalue weighted by Crippen LogP contribution is 2.22. The van der Waals surface area contributed by atoms with Crippen LogP contribution in [0.15, 0.2) is 60.9 Å². The largest absolute Gasteiger partial charge is 0.361 e. The van der Waals surface area contributed by atoms with Gasteiger partial charge in [0.25, 0.3) is 0 Å². The standard InChI is InChI=1S/C42H56N8O6/c1-8-24(6)36-42(56)48-33(18-26-20-43-30-15-11-9-13-28(26)30)38(52)47-32(17-22(2)3)39(53)49-35(23(4)5)41(55)45-25(7)37(51)46-34(40(54)50-36)19-27-21-44-31-16-12-10-14-29(27)31/h9-16,20-25,32-36,43-44H,8,17-19H2,1-7H3,(H,45,55)(H,46,51)(H,47,52)(H,48,56)(H,49,53)(H,50,54)/t24-,25-,32-,33-,34-,35-,36-/m0/s1. The van der Waals surface area contributed by atoms with E-state index in [9.17, 15) is 28.8 Å². The molecule has 1 aliphatic rings. The molecule has 14 heteroatoms. The second kappa shape index (κ2) is 18.3. The van der Waals surface area contributed by atoms with Crippen LogP contribution in [0.4, 0.5) is 0 Å². The van der Waals surface area contributed by atoms with Crippen molar-refractivity contribution in [1.82, 2.24) is 41.9 Å². The van der Waals surface area contributed by atoms with Gasteiger partial charge in [-0.15, -0.1) is 0 Å². The van der Waals surface area contributed by atoms with Gasteiger partial charge in [0, 0.05) is 47.0 Å². The number of hydrogen-bond donors (Lipinski definition) is 8. The minimum atomic E-state index is -1.15. The van der Waals surface area contributed by atoms with Crippen LogP contribution >= 0.6 is 0 Å². The molecule has 1 fully saturated rings. The van der Waals surface area contributed by atoms with E-state index in [1.54, 1.807) is 26.2 Å². The summed E-state index contributed by atoms with van der Waals surface area (Å²) in [5.41, 5.74) is 3.23. The molecule has 8 N–H and O–H groups in total. The molecule has 5 rings (SSSR count). The molecule has 300 valence electrons. The third-order valence-corrected chi connectivity index (χ3v) is 10.6. The number of benzene rings is 2. The Kier molecular flexibility index (Phi) is 13.6. The number of para-hydroxylation sites is 2. The van der Waals surface area contributed by atoms with E-state index < -0.39 is 71.7 Å². The Morgan fingerprint density at radius 1 is 0.536 bits per heavy atom. The summed E-state index contributed by atoms with van der Waals surface area (Å²) in [5.74, 6) is -4.36. The number of fused-ring (bicyclic) bond motifs is 2. The van der Waals surface area contributed by atoms with E-state index in [0.29, 0.717) is 6.42 Å². The molecule has 0 saturated carbocycles. The first-order chi connectivity index (χ1) is 26.7. The number of carbonyl (C=O) groups excluding carboxylic acids is 6. The van der Waals surface area contributed by atoms with Gasteiger partial charge in [-0.05, 0) is 54.4 Å². The van der Waals surface area contributed by atoms with Gasteiger partial charge in [-0.25, -0.2) is 0 Å². The average molecular weight is 769 g/mol. The van der Waals surface area contributed by atoms with E-state index in [1.807, 2.05) is 76.2 Å². The van der Waals surface area contributed by atoms with E-state index in [0.717, 1.165) is 32.9 Å². The summed E-state index contributed by atoms with van der Waals surface area (Å²) < 4.78 is 0. The van der Waals surface area contributed by atoms with Crippen LogP contribution in [0.5, 0.6) is 0 Å². The Labute approximate surface area is 327 Å². The van der Waals surface area contributed by atoms with Crippen LogP contribution in [0.1, 0.15) is 72.4 Å². The monoisotopic (exact) mass is 768 g/mol. The van der Waals surface area contributed by atoms with Gasteiger partial charge in [0.15, 0.2) is 0 Å². The third-order valence-electron chi connectivity index (χ3n) is 10.6. The molecular weight excluding hydrogens is 713 g/mol. The average Bonchev–Trinajstić information content (AvgIpc) is 3.77. The number of aromatic nitrogens is 2. The molecule has 0 unspecified atom stereocenters. The van der Waals surface area contributed by atoms with E-state index in [4.69, 9.17) is 0 Å². The molecular formula is C42H56N8O6. The highest BCUT2D eigenvalue weighted by Gasteiger charge is 2.36. The second-order valence-corrected chi connectivity index (χ2v) is 15.8. The van der Waals surface area contributed by atoms with Gasteiger partial charge in [0.1, 0.15) is 36.3 Å². The number of nitrogens with one attached hydrogen (secondary N) is 8. The first kappa shape index (κ1) is 41.5. The third kappa shape index (κ3) is 9.95. The van der Waals surface area contributed by atoms with Gasteiger partial charge in [0.2, 0.25) is 35.4 Å². The highest BCUT2D eigenvalue weighted by atomic mass is 16.2. The maximum Gasteiger partial charge on any atom is 0.243 e. The lowest BCUT2D eigenvalue weighted by Crippen LogP contribution is -2.62. The molecule has 2 aromatic carbocycles. The number of rotatable bonds is 9. The fourth-order valence-electron chi connectivity index (χ4n) is 7.11. The number of carbonyl (C=O) groups is 6. The molecule has 3 heterocycles. The molecule has 14 nitrogen and oxygen atoms in total. The summed E-state index contributed by atoms with van der Waals surface area (Å²) in [7, 11) is 0. The van der Waals surface area contributed by atoms with Crippen molar-refractivity contribution < 1.29 is 28.8 Å². The Bertz CT molecular complexity index is 2050. The molecule has 2 aromatic heterocycles. The lowest BCUT2D eigenvalue weighted by atomic mass is 9.95. The van der Waals surface area contributed by atoms with Crippen molar-refractivity contribution in [2.75, 3.05) is 0 Å². The van der Waals surface area contributed by atoms with Crippen molar-refractivity contribution in [1.29, 1.82) is 0 Å². The molecule has 0 bridgehead atoms. The smallest absolute Gasteiger partial charge is 0.243 e. The first-order valence-corrected chi connectivity index (χ1v) is 19.6. The number of H-pyrrole nitrogens is 2. The molecule has 1 saturated heterocycles. The van der Waals surface area contributed by atoms with Crippen LogP contribution in [0.3, 0.4) is 0 Å². The Morgan fingerprint density at radius 3 is 1.50 bits per heavy atom. The molecule has 1 aliphatic heterocycles. The predicted molar refractivity (Wildman–Crippen MR) is 215 cm³/mol. The minimum Gasteiger partial charge on any atom is -0.361 e. The normalized spacial score (nSPS) is 24.2. The Morgan fingerprint density at radius 2 is 0.982 bits per heavy atom. The lowest BCUT2D eigenvalue weighted by Gasteiger charge is -2.31. The van der Waals surface area contributed by atoms with Crippen molar-refractivity contribution in [3.05, 3.63) is 72.1 Å². The molecule has 0 aliphatic carbocycles. The van der Waals surface area contributed by atoms with Gasteiger partial charge < -0.3 is 41.9 Å². The SMILES string of the molecule is CC[C@H](C)[C@@H]1NC(=O)[C@H](Cc2c[nH]c3ccccc23)NC(=O)[C@H](C)NC(=O)[C@H](C(C)C)NC(=O)[C@H](CC(C)C)NC(=O)[C@H](Cc2c[nH]c3ccccc23)NC1=O. The number of aromatic amines is 2. The maximum absolute atomic E-state index is 14.4. The van der Waals surface area contributed by atoms with Crippen LogP contribution in [-0.4, -0.2) is 81.7 Å². The van der Waals surface area contributed by atoms with Crippen molar-refractivity contribution in [3.8, 4) is 0 Å². The van der Waals surface area contributed by atoms with E-state index >= 15 is 0 Å². The zero-order chi connectivity index (χ0) is 40.7. The molecule has 6 amide bonds. The molecule has 0 spiro atoms. The lowest BCUT2D eigenvalue weighted by molar-refractivity contribution is -0.137. The molecule has 56 heavy (non-hydrogen) atoms. The first-order valence-electron chi connectivity index (χ1n) is 19.6. The zero-order valence-electron chi connectivity index (χ0n) is 33.2. The van der Waals surface area contributed by atoms with Gasteiger partial charge in [-0.3, -0.25) is 28.8 Å². The molecule has 7 atom stereocenters. The second-order valence-electron chi connectivity index (χ2n) is 15.8. The topological polar surface area (TPSA) is 206 Å². The fourth-order valence-corrected chi connectivity index (χ4v) is 7.11. The van der Waals surface area contributed by atoms with Crippen molar-refractivity contribution in [2.45, 2.75) is 110 Å². The van der Waals surface area contributed by atoms with Gasteiger partial charge in [0.05, 0.1) is 0 Å². The number of hydrogen-bond acceptors (Lipinski definition) is 6. The quantitative estimate of drug-likeness (QED) is 0.128. The maximum atomic E-state index is 14.4. The summed E-state index contributed by atoms with van der Waals surface area (Å²) in [6.45, 7) is 12.6. The fraction of sp³-hybridized carbons (Fsp3) is 0.476.